The topological polar surface area (TPSA) is 46.3 Å². The summed E-state index contributed by atoms with van der Waals surface area (Å²) in [5, 5.41) is 0.677. The van der Waals surface area contributed by atoms with Crippen LogP contribution in [0.15, 0.2) is 18.2 Å². The van der Waals surface area contributed by atoms with Gasteiger partial charge in [0, 0.05) is 30.2 Å². The number of halogens is 1. The molecule has 0 saturated carbocycles. The van der Waals surface area contributed by atoms with E-state index in [9.17, 15) is 4.79 Å². The Morgan fingerprint density at radius 3 is 2.94 bits per heavy atom. The van der Waals surface area contributed by atoms with Crippen LogP contribution in [0.5, 0.6) is 0 Å². The summed E-state index contributed by atoms with van der Waals surface area (Å²) < 4.78 is 0. The number of nitrogens with zero attached hydrogens (tertiary/aromatic N) is 1. The van der Waals surface area contributed by atoms with Gasteiger partial charge in [-0.3, -0.25) is 4.79 Å². The van der Waals surface area contributed by atoms with E-state index in [1.165, 1.54) is 0 Å². The monoisotopic (exact) mass is 252 g/mol. The third kappa shape index (κ3) is 3.13. The van der Waals surface area contributed by atoms with Gasteiger partial charge in [0.1, 0.15) is 0 Å². The summed E-state index contributed by atoms with van der Waals surface area (Å²) in [6.45, 7) is 1.40. The molecular formula is C13H17ClN2O. The van der Waals surface area contributed by atoms with Crippen LogP contribution in [0.1, 0.15) is 31.2 Å². The van der Waals surface area contributed by atoms with E-state index in [0.717, 1.165) is 31.4 Å². The van der Waals surface area contributed by atoms with E-state index < -0.39 is 0 Å². The van der Waals surface area contributed by atoms with Crippen molar-refractivity contribution in [1.82, 2.24) is 4.90 Å². The van der Waals surface area contributed by atoms with Crippen molar-refractivity contribution in [1.29, 1.82) is 0 Å². The zero-order chi connectivity index (χ0) is 12.3. The lowest BCUT2D eigenvalue weighted by molar-refractivity contribution is -0.131. The molecule has 0 spiro atoms. The summed E-state index contributed by atoms with van der Waals surface area (Å²) in [6.07, 6.45) is 3.86. The van der Waals surface area contributed by atoms with Gasteiger partial charge in [0.25, 0.3) is 0 Å². The number of amides is 1. The maximum atomic E-state index is 11.9. The molecule has 1 amide bonds. The molecule has 1 saturated heterocycles. The molecule has 1 aliphatic rings. The predicted octanol–water partition coefficient (Wildman–Crippen LogP) is 2.82. The first-order valence-corrected chi connectivity index (χ1v) is 6.36. The zero-order valence-electron chi connectivity index (χ0n) is 9.79. The molecule has 2 N–H and O–H groups in total. The molecule has 17 heavy (non-hydrogen) atoms. The predicted molar refractivity (Wildman–Crippen MR) is 69.7 cm³/mol. The van der Waals surface area contributed by atoms with Crippen molar-refractivity contribution < 1.29 is 4.79 Å². The Bertz CT molecular complexity index is 420. The highest BCUT2D eigenvalue weighted by Gasteiger charge is 2.17. The normalized spacial score (nSPS) is 17.0. The van der Waals surface area contributed by atoms with Gasteiger partial charge >= 0.3 is 0 Å². The van der Waals surface area contributed by atoms with Crippen LogP contribution in [-0.4, -0.2) is 17.4 Å². The quantitative estimate of drug-likeness (QED) is 0.823. The maximum absolute atomic E-state index is 11.9. The lowest BCUT2D eigenvalue weighted by atomic mass is 10.2. The molecule has 92 valence electrons. The molecule has 0 aromatic heterocycles. The van der Waals surface area contributed by atoms with E-state index in [1.807, 2.05) is 11.0 Å². The van der Waals surface area contributed by atoms with Crippen molar-refractivity contribution >= 4 is 23.2 Å². The Morgan fingerprint density at radius 1 is 1.29 bits per heavy atom. The summed E-state index contributed by atoms with van der Waals surface area (Å²) >= 11 is 6.11. The molecular weight excluding hydrogens is 236 g/mol. The standard InChI is InChI=1S/C13H17ClN2O/c14-12-6-5-11(15)8-10(12)9-16-7-3-1-2-4-13(16)17/h5-6,8H,1-4,7,9,15H2. The van der Waals surface area contributed by atoms with Crippen LogP contribution < -0.4 is 5.73 Å². The largest absolute Gasteiger partial charge is 0.399 e. The van der Waals surface area contributed by atoms with Crippen molar-refractivity contribution in [3.8, 4) is 0 Å². The minimum atomic E-state index is 0.223. The molecule has 4 heteroatoms. The average molecular weight is 253 g/mol. The van der Waals surface area contributed by atoms with Gasteiger partial charge in [0.2, 0.25) is 5.91 Å². The molecule has 1 aromatic rings. The number of benzene rings is 1. The fourth-order valence-corrected chi connectivity index (χ4v) is 2.30. The fraction of sp³-hybridized carbons (Fsp3) is 0.462. The number of nitrogens with two attached hydrogens (primary N) is 1. The van der Waals surface area contributed by atoms with Crippen LogP contribution >= 0.6 is 11.6 Å². The molecule has 3 nitrogen and oxygen atoms in total. The number of hydrogen-bond donors (Lipinski definition) is 1. The molecule has 0 unspecified atom stereocenters. The van der Waals surface area contributed by atoms with Gasteiger partial charge in [-0.25, -0.2) is 0 Å². The van der Waals surface area contributed by atoms with Gasteiger partial charge in [-0.1, -0.05) is 18.0 Å². The summed E-state index contributed by atoms with van der Waals surface area (Å²) in [5.41, 5.74) is 7.36. The van der Waals surface area contributed by atoms with Crippen LogP contribution in [0.2, 0.25) is 5.02 Å². The van der Waals surface area contributed by atoms with E-state index >= 15 is 0 Å². The molecule has 1 aliphatic heterocycles. The van der Waals surface area contributed by atoms with Gasteiger partial charge in [0.05, 0.1) is 0 Å². The fourth-order valence-electron chi connectivity index (χ4n) is 2.13. The molecule has 1 aromatic carbocycles. The number of likely N-dealkylation sites (tertiary alicyclic amines) is 1. The zero-order valence-corrected chi connectivity index (χ0v) is 10.5. The first-order valence-electron chi connectivity index (χ1n) is 5.98. The van der Waals surface area contributed by atoms with Gasteiger partial charge in [-0.15, -0.1) is 0 Å². The van der Waals surface area contributed by atoms with Crippen molar-refractivity contribution in [2.45, 2.75) is 32.2 Å². The van der Waals surface area contributed by atoms with Gasteiger partial charge in [0.15, 0.2) is 0 Å². The Balaban J connectivity index is 2.13. The highest BCUT2D eigenvalue weighted by Crippen LogP contribution is 2.22. The third-order valence-electron chi connectivity index (χ3n) is 3.10. The Labute approximate surface area is 107 Å². The second-order valence-corrected chi connectivity index (χ2v) is 4.88. The summed E-state index contributed by atoms with van der Waals surface area (Å²) in [4.78, 5) is 13.7. The molecule has 0 radical (unpaired) electrons. The second-order valence-electron chi connectivity index (χ2n) is 4.48. The molecule has 1 fully saturated rings. The molecule has 2 rings (SSSR count). The van der Waals surface area contributed by atoms with Crippen molar-refractivity contribution in [2.75, 3.05) is 12.3 Å². The van der Waals surface area contributed by atoms with E-state index in [0.29, 0.717) is 23.7 Å². The second kappa shape index (κ2) is 5.41. The average Bonchev–Trinajstić information content (AvgIpc) is 2.50. The molecule has 1 heterocycles. The Morgan fingerprint density at radius 2 is 2.12 bits per heavy atom. The highest BCUT2D eigenvalue weighted by atomic mass is 35.5. The van der Waals surface area contributed by atoms with Gasteiger partial charge < -0.3 is 10.6 Å². The summed E-state index contributed by atoms with van der Waals surface area (Å²) in [7, 11) is 0. The number of carbonyl (C=O) groups excluding carboxylic acids is 1. The minimum Gasteiger partial charge on any atom is -0.399 e. The minimum absolute atomic E-state index is 0.223. The first kappa shape index (κ1) is 12.2. The molecule has 0 aliphatic carbocycles. The van der Waals surface area contributed by atoms with Gasteiger partial charge in [-0.05, 0) is 36.6 Å². The SMILES string of the molecule is Nc1ccc(Cl)c(CN2CCCCCC2=O)c1. The Kier molecular flexibility index (Phi) is 3.89. The van der Waals surface area contributed by atoms with Crippen molar-refractivity contribution in [2.24, 2.45) is 0 Å². The van der Waals surface area contributed by atoms with Crippen LogP contribution in [0, 0.1) is 0 Å². The van der Waals surface area contributed by atoms with Crippen molar-refractivity contribution in [3.63, 3.8) is 0 Å². The van der Waals surface area contributed by atoms with Crippen LogP contribution in [0.25, 0.3) is 0 Å². The molecule has 0 bridgehead atoms. The summed E-state index contributed by atoms with van der Waals surface area (Å²) in [5.74, 6) is 0.223. The number of anilines is 1. The molecule has 0 atom stereocenters. The number of rotatable bonds is 2. The third-order valence-corrected chi connectivity index (χ3v) is 3.47. The van der Waals surface area contributed by atoms with E-state index in [4.69, 9.17) is 17.3 Å². The Hall–Kier alpha value is -1.22. The first-order chi connectivity index (χ1) is 8.16. The number of hydrogen-bond acceptors (Lipinski definition) is 2. The summed E-state index contributed by atoms with van der Waals surface area (Å²) in [6, 6.07) is 5.41. The van der Waals surface area contributed by atoms with Crippen molar-refractivity contribution in [3.05, 3.63) is 28.8 Å². The smallest absolute Gasteiger partial charge is 0.222 e. The van der Waals surface area contributed by atoms with Crippen LogP contribution in [0.4, 0.5) is 5.69 Å². The lowest BCUT2D eigenvalue weighted by Crippen LogP contribution is -2.29. The van der Waals surface area contributed by atoms with Crippen LogP contribution in [0.3, 0.4) is 0 Å². The van der Waals surface area contributed by atoms with Crippen LogP contribution in [-0.2, 0) is 11.3 Å². The van der Waals surface area contributed by atoms with Gasteiger partial charge in [-0.2, -0.15) is 0 Å². The number of nitrogen functional groups attached to an aromatic ring is 1. The highest BCUT2D eigenvalue weighted by molar-refractivity contribution is 6.31. The van der Waals surface area contributed by atoms with E-state index in [1.54, 1.807) is 12.1 Å². The van der Waals surface area contributed by atoms with E-state index in [2.05, 4.69) is 0 Å². The van der Waals surface area contributed by atoms with E-state index in [-0.39, 0.29) is 5.91 Å². The lowest BCUT2D eigenvalue weighted by Gasteiger charge is -2.21. The maximum Gasteiger partial charge on any atom is 0.222 e. The number of carbonyl (C=O) groups is 1.